The van der Waals surface area contributed by atoms with Crippen LogP contribution in [0.1, 0.15) is 58.9 Å². The van der Waals surface area contributed by atoms with E-state index in [1.54, 1.807) is 0 Å². The maximum Gasteiger partial charge on any atom is 0.0513 e. The van der Waals surface area contributed by atoms with Crippen molar-refractivity contribution in [1.82, 2.24) is 5.32 Å². The van der Waals surface area contributed by atoms with Crippen molar-refractivity contribution < 1.29 is 0 Å². The molecule has 0 fully saturated rings. The summed E-state index contributed by atoms with van der Waals surface area (Å²) in [6.07, 6.45) is 4.84. The first kappa shape index (κ1) is 18.5. The average Bonchev–Trinajstić information content (AvgIpc) is 2.49. The van der Waals surface area contributed by atoms with Gasteiger partial charge in [-0.25, -0.2) is 0 Å². The summed E-state index contributed by atoms with van der Waals surface area (Å²) in [5, 5.41) is 3.46. The Hall–Kier alpha value is -0.540. The standard InChI is InChI=1S/C18H31BrN2/c1-5-8-12-21(15(4)7-3)18-10-9-16(13-17(18)19)14-20-11-6-2/h9-10,13,15,20H,5-8,11-12,14H2,1-4H3. The highest BCUT2D eigenvalue weighted by molar-refractivity contribution is 9.10. The molecule has 0 aliphatic rings. The number of benzene rings is 1. The van der Waals surface area contributed by atoms with Gasteiger partial charge in [-0.05, 0) is 66.4 Å². The summed E-state index contributed by atoms with van der Waals surface area (Å²) in [6, 6.07) is 7.37. The van der Waals surface area contributed by atoms with Crippen LogP contribution in [0.2, 0.25) is 0 Å². The largest absolute Gasteiger partial charge is 0.368 e. The average molecular weight is 355 g/mol. The molecule has 0 spiro atoms. The Labute approximate surface area is 139 Å². The normalized spacial score (nSPS) is 12.4. The van der Waals surface area contributed by atoms with Gasteiger partial charge in [-0.3, -0.25) is 0 Å². The SMILES string of the molecule is CCCCN(c1ccc(CNCCC)cc1Br)C(C)CC. The van der Waals surface area contributed by atoms with Gasteiger partial charge in [-0.2, -0.15) is 0 Å². The van der Waals surface area contributed by atoms with E-state index < -0.39 is 0 Å². The first-order chi connectivity index (χ1) is 10.1. The smallest absolute Gasteiger partial charge is 0.0513 e. The molecule has 0 aromatic heterocycles. The lowest BCUT2D eigenvalue weighted by Crippen LogP contribution is -2.33. The summed E-state index contributed by atoms with van der Waals surface area (Å²) in [4.78, 5) is 2.54. The Morgan fingerprint density at radius 1 is 1.19 bits per heavy atom. The fourth-order valence-electron chi connectivity index (χ4n) is 2.43. The van der Waals surface area contributed by atoms with Crippen LogP contribution in [0, 0.1) is 0 Å². The fraction of sp³-hybridized carbons (Fsp3) is 0.667. The number of rotatable bonds is 10. The molecule has 1 N–H and O–H groups in total. The molecule has 3 heteroatoms. The zero-order chi connectivity index (χ0) is 15.7. The second-order valence-electron chi connectivity index (χ2n) is 5.77. The first-order valence-electron chi connectivity index (χ1n) is 8.39. The maximum atomic E-state index is 3.78. The molecule has 1 rings (SSSR count). The Morgan fingerprint density at radius 2 is 1.95 bits per heavy atom. The lowest BCUT2D eigenvalue weighted by atomic mass is 10.1. The van der Waals surface area contributed by atoms with Crippen LogP contribution in [0.5, 0.6) is 0 Å². The lowest BCUT2D eigenvalue weighted by molar-refractivity contribution is 0.594. The van der Waals surface area contributed by atoms with E-state index in [9.17, 15) is 0 Å². The molecule has 0 heterocycles. The molecule has 1 unspecified atom stereocenters. The monoisotopic (exact) mass is 354 g/mol. The number of halogens is 1. The molecule has 0 radical (unpaired) electrons. The van der Waals surface area contributed by atoms with Gasteiger partial charge < -0.3 is 10.2 Å². The Bertz CT molecular complexity index is 406. The van der Waals surface area contributed by atoms with E-state index >= 15 is 0 Å². The van der Waals surface area contributed by atoms with Crippen molar-refractivity contribution in [3.05, 3.63) is 28.2 Å². The predicted octanol–water partition coefficient (Wildman–Crippen LogP) is 5.35. The number of unbranched alkanes of at least 4 members (excludes halogenated alkanes) is 1. The highest BCUT2D eigenvalue weighted by atomic mass is 79.9. The van der Waals surface area contributed by atoms with E-state index in [1.165, 1.54) is 41.4 Å². The van der Waals surface area contributed by atoms with Crippen LogP contribution in [0.15, 0.2) is 22.7 Å². The van der Waals surface area contributed by atoms with Crippen LogP contribution in [-0.2, 0) is 6.54 Å². The van der Waals surface area contributed by atoms with Gasteiger partial charge in [0.25, 0.3) is 0 Å². The highest BCUT2D eigenvalue weighted by Gasteiger charge is 2.15. The summed E-state index contributed by atoms with van der Waals surface area (Å²) in [6.45, 7) is 12.2. The molecule has 0 bridgehead atoms. The summed E-state index contributed by atoms with van der Waals surface area (Å²) < 4.78 is 1.22. The van der Waals surface area contributed by atoms with Crippen molar-refractivity contribution in [3.63, 3.8) is 0 Å². The van der Waals surface area contributed by atoms with E-state index in [1.807, 2.05) is 0 Å². The number of nitrogens with one attached hydrogen (secondary N) is 1. The molecule has 0 aliphatic carbocycles. The van der Waals surface area contributed by atoms with E-state index in [2.05, 4.69) is 72.0 Å². The molecule has 1 atom stereocenters. The molecular formula is C18H31BrN2. The number of anilines is 1. The second kappa shape index (κ2) is 10.2. The van der Waals surface area contributed by atoms with Gasteiger partial charge >= 0.3 is 0 Å². The van der Waals surface area contributed by atoms with Gasteiger partial charge in [0.2, 0.25) is 0 Å². The molecule has 0 saturated heterocycles. The van der Waals surface area contributed by atoms with Crippen LogP contribution in [-0.4, -0.2) is 19.1 Å². The van der Waals surface area contributed by atoms with Crippen LogP contribution in [0.25, 0.3) is 0 Å². The third kappa shape index (κ3) is 5.99. The lowest BCUT2D eigenvalue weighted by Gasteiger charge is -2.32. The molecule has 2 nitrogen and oxygen atoms in total. The third-order valence-corrected chi connectivity index (χ3v) is 4.59. The summed E-state index contributed by atoms with van der Waals surface area (Å²) in [7, 11) is 0. The van der Waals surface area contributed by atoms with Gasteiger partial charge in [0.1, 0.15) is 0 Å². The van der Waals surface area contributed by atoms with Gasteiger partial charge in [-0.15, -0.1) is 0 Å². The number of hydrogen-bond acceptors (Lipinski definition) is 2. The zero-order valence-corrected chi connectivity index (χ0v) is 15.7. The van der Waals surface area contributed by atoms with Crippen LogP contribution in [0.4, 0.5) is 5.69 Å². The molecule has 1 aromatic carbocycles. The van der Waals surface area contributed by atoms with Crippen molar-refractivity contribution in [3.8, 4) is 0 Å². The summed E-state index contributed by atoms with van der Waals surface area (Å²) in [5.74, 6) is 0. The van der Waals surface area contributed by atoms with E-state index in [-0.39, 0.29) is 0 Å². The topological polar surface area (TPSA) is 15.3 Å². The van der Waals surface area contributed by atoms with Gasteiger partial charge in [0.15, 0.2) is 0 Å². The predicted molar refractivity (Wildman–Crippen MR) is 98.1 cm³/mol. The molecule has 0 aliphatic heterocycles. The minimum atomic E-state index is 0.580. The van der Waals surface area contributed by atoms with Crippen molar-refractivity contribution >= 4 is 21.6 Å². The molecule has 120 valence electrons. The zero-order valence-electron chi connectivity index (χ0n) is 14.1. The fourth-order valence-corrected chi connectivity index (χ4v) is 3.08. The summed E-state index contributed by atoms with van der Waals surface area (Å²) >= 11 is 3.78. The second-order valence-corrected chi connectivity index (χ2v) is 6.62. The van der Waals surface area contributed by atoms with Crippen molar-refractivity contribution in [2.24, 2.45) is 0 Å². The molecule has 1 aromatic rings. The minimum absolute atomic E-state index is 0.580. The van der Waals surface area contributed by atoms with Crippen molar-refractivity contribution in [1.29, 1.82) is 0 Å². The van der Waals surface area contributed by atoms with Crippen molar-refractivity contribution in [2.75, 3.05) is 18.0 Å². The highest BCUT2D eigenvalue weighted by Crippen LogP contribution is 2.30. The molecule has 0 amide bonds. The minimum Gasteiger partial charge on any atom is -0.368 e. The van der Waals surface area contributed by atoms with E-state index in [0.717, 1.165) is 19.6 Å². The number of nitrogens with zero attached hydrogens (tertiary/aromatic N) is 1. The molecule has 21 heavy (non-hydrogen) atoms. The van der Waals surface area contributed by atoms with Gasteiger partial charge in [0, 0.05) is 23.6 Å². The summed E-state index contributed by atoms with van der Waals surface area (Å²) in [5.41, 5.74) is 2.68. The Kier molecular flexibility index (Phi) is 9.02. The maximum absolute atomic E-state index is 3.78. The van der Waals surface area contributed by atoms with E-state index in [4.69, 9.17) is 0 Å². The molecule has 0 saturated carbocycles. The first-order valence-corrected chi connectivity index (χ1v) is 9.19. The molecular weight excluding hydrogens is 324 g/mol. The number of hydrogen-bond donors (Lipinski definition) is 1. The third-order valence-electron chi connectivity index (χ3n) is 3.95. The Balaban J connectivity index is 2.83. The van der Waals surface area contributed by atoms with Crippen molar-refractivity contribution in [2.45, 2.75) is 66.0 Å². The van der Waals surface area contributed by atoms with Gasteiger partial charge in [0.05, 0.1) is 5.69 Å². The van der Waals surface area contributed by atoms with Crippen LogP contribution >= 0.6 is 15.9 Å². The van der Waals surface area contributed by atoms with Crippen LogP contribution < -0.4 is 10.2 Å². The van der Waals surface area contributed by atoms with Crippen LogP contribution in [0.3, 0.4) is 0 Å². The quantitative estimate of drug-likeness (QED) is 0.569. The van der Waals surface area contributed by atoms with E-state index in [0.29, 0.717) is 6.04 Å². The van der Waals surface area contributed by atoms with Gasteiger partial charge in [-0.1, -0.05) is 33.3 Å². The Morgan fingerprint density at radius 3 is 2.52 bits per heavy atom.